The van der Waals surface area contributed by atoms with Crippen LogP contribution < -0.4 is 5.32 Å². The van der Waals surface area contributed by atoms with E-state index in [0.717, 1.165) is 19.3 Å². The SMILES string of the molecule is CC(C)(CC1Cc2ccccc2C1)NC[C@@H](O)C[O]. The standard InChI is InChI=1S/C16H24NO2/c1-16(2,17-10-15(19)11-18)9-12-7-13-5-3-4-6-14(13)8-12/h3-6,12,15,17,19H,7-11H2,1-2H3/t15-/m1/s1. The molecule has 0 heterocycles. The normalized spacial score (nSPS) is 17.5. The van der Waals surface area contributed by atoms with E-state index in [9.17, 15) is 10.2 Å². The molecule has 0 fully saturated rings. The zero-order valence-corrected chi connectivity index (χ0v) is 11.9. The molecule has 2 N–H and O–H groups in total. The Kier molecular flexibility index (Phi) is 4.61. The molecule has 19 heavy (non-hydrogen) atoms. The van der Waals surface area contributed by atoms with Gasteiger partial charge in [-0.05, 0) is 50.2 Å². The molecule has 0 aromatic heterocycles. The highest BCUT2D eigenvalue weighted by atomic mass is 16.3. The van der Waals surface area contributed by atoms with Crippen LogP contribution in [0.1, 0.15) is 31.4 Å². The van der Waals surface area contributed by atoms with Gasteiger partial charge in [-0.25, -0.2) is 5.11 Å². The molecule has 0 aliphatic heterocycles. The van der Waals surface area contributed by atoms with Gasteiger partial charge in [0, 0.05) is 12.1 Å². The van der Waals surface area contributed by atoms with Crippen molar-refractivity contribution in [3.63, 3.8) is 0 Å². The largest absolute Gasteiger partial charge is 0.389 e. The van der Waals surface area contributed by atoms with Gasteiger partial charge in [0.15, 0.2) is 0 Å². The lowest BCUT2D eigenvalue weighted by Gasteiger charge is -2.30. The van der Waals surface area contributed by atoms with Gasteiger partial charge in [0.25, 0.3) is 0 Å². The summed E-state index contributed by atoms with van der Waals surface area (Å²) in [5.74, 6) is 0.657. The molecule has 1 aromatic carbocycles. The van der Waals surface area contributed by atoms with Crippen molar-refractivity contribution in [3.05, 3.63) is 35.4 Å². The second kappa shape index (κ2) is 6.04. The van der Waals surface area contributed by atoms with Crippen LogP contribution >= 0.6 is 0 Å². The molecule has 0 bridgehead atoms. The van der Waals surface area contributed by atoms with E-state index < -0.39 is 12.7 Å². The number of hydrogen-bond acceptors (Lipinski definition) is 2. The second-order valence-electron chi connectivity index (χ2n) is 6.33. The summed E-state index contributed by atoms with van der Waals surface area (Å²) < 4.78 is 0. The highest BCUT2D eigenvalue weighted by Crippen LogP contribution is 2.31. The molecule has 1 aliphatic carbocycles. The summed E-state index contributed by atoms with van der Waals surface area (Å²) in [5, 5.41) is 23.2. The van der Waals surface area contributed by atoms with E-state index in [1.165, 1.54) is 11.1 Å². The van der Waals surface area contributed by atoms with Crippen LogP contribution in [0.15, 0.2) is 24.3 Å². The zero-order valence-electron chi connectivity index (χ0n) is 11.9. The first-order chi connectivity index (χ1) is 9.00. The maximum absolute atomic E-state index is 10.6. The van der Waals surface area contributed by atoms with E-state index in [4.69, 9.17) is 0 Å². The molecule has 0 spiro atoms. The van der Waals surface area contributed by atoms with Crippen molar-refractivity contribution in [2.75, 3.05) is 13.2 Å². The maximum atomic E-state index is 10.6. The van der Waals surface area contributed by atoms with Crippen LogP contribution in [0, 0.1) is 5.92 Å². The fourth-order valence-corrected chi connectivity index (χ4v) is 3.04. The van der Waals surface area contributed by atoms with E-state index in [2.05, 4.69) is 43.4 Å². The molecule has 0 unspecified atom stereocenters. The molecule has 1 atom stereocenters. The Morgan fingerprint density at radius 1 is 1.32 bits per heavy atom. The van der Waals surface area contributed by atoms with Gasteiger partial charge in [-0.3, -0.25) is 0 Å². The highest BCUT2D eigenvalue weighted by molar-refractivity contribution is 5.32. The topological polar surface area (TPSA) is 52.2 Å². The number of fused-ring (bicyclic) bond motifs is 1. The third-order valence-electron chi connectivity index (χ3n) is 3.94. The van der Waals surface area contributed by atoms with Crippen LogP contribution in [0.2, 0.25) is 0 Å². The van der Waals surface area contributed by atoms with Crippen LogP contribution in [0.5, 0.6) is 0 Å². The van der Waals surface area contributed by atoms with Gasteiger partial charge in [0.2, 0.25) is 0 Å². The third kappa shape index (κ3) is 4.03. The monoisotopic (exact) mass is 262 g/mol. The van der Waals surface area contributed by atoms with Crippen LogP contribution in [-0.2, 0) is 17.9 Å². The average molecular weight is 262 g/mol. The van der Waals surface area contributed by atoms with Gasteiger partial charge in [-0.2, -0.15) is 0 Å². The van der Waals surface area contributed by atoms with Gasteiger partial charge in [-0.1, -0.05) is 24.3 Å². The molecular weight excluding hydrogens is 238 g/mol. The van der Waals surface area contributed by atoms with Crippen molar-refractivity contribution in [2.45, 2.75) is 44.8 Å². The molecule has 3 heteroatoms. The first kappa shape index (κ1) is 14.5. The summed E-state index contributed by atoms with van der Waals surface area (Å²) in [6, 6.07) is 8.65. The van der Waals surface area contributed by atoms with E-state index in [0.29, 0.717) is 12.5 Å². The van der Waals surface area contributed by atoms with E-state index in [1.54, 1.807) is 0 Å². The van der Waals surface area contributed by atoms with Crippen LogP contribution in [0.4, 0.5) is 0 Å². The fraction of sp³-hybridized carbons (Fsp3) is 0.625. The first-order valence-corrected chi connectivity index (χ1v) is 7.08. The number of aliphatic hydroxyl groups excluding tert-OH is 1. The van der Waals surface area contributed by atoms with Crippen molar-refractivity contribution in [3.8, 4) is 0 Å². The van der Waals surface area contributed by atoms with Crippen molar-refractivity contribution in [1.29, 1.82) is 0 Å². The Morgan fingerprint density at radius 2 is 1.89 bits per heavy atom. The lowest BCUT2D eigenvalue weighted by atomic mass is 9.88. The van der Waals surface area contributed by atoms with Gasteiger partial charge in [0.1, 0.15) is 6.61 Å². The summed E-state index contributed by atoms with van der Waals surface area (Å²) in [4.78, 5) is 0. The third-order valence-corrected chi connectivity index (χ3v) is 3.94. The van der Waals surface area contributed by atoms with Gasteiger partial charge >= 0.3 is 0 Å². The Hall–Kier alpha value is -0.900. The average Bonchev–Trinajstić information content (AvgIpc) is 2.77. The van der Waals surface area contributed by atoms with E-state index in [1.807, 2.05) is 0 Å². The van der Waals surface area contributed by atoms with Crippen LogP contribution in [-0.4, -0.2) is 29.9 Å². The molecule has 0 saturated carbocycles. The van der Waals surface area contributed by atoms with Crippen LogP contribution in [0.3, 0.4) is 0 Å². The van der Waals surface area contributed by atoms with Crippen molar-refractivity contribution in [1.82, 2.24) is 5.32 Å². The molecule has 2 rings (SSSR count). The number of nitrogens with one attached hydrogen (secondary N) is 1. The second-order valence-corrected chi connectivity index (χ2v) is 6.33. The number of hydrogen-bond donors (Lipinski definition) is 2. The molecule has 105 valence electrons. The maximum Gasteiger partial charge on any atom is 0.109 e. The zero-order chi connectivity index (χ0) is 13.9. The number of aliphatic hydroxyl groups is 1. The summed E-state index contributed by atoms with van der Waals surface area (Å²) >= 11 is 0. The first-order valence-electron chi connectivity index (χ1n) is 7.08. The number of benzene rings is 1. The van der Waals surface area contributed by atoms with Gasteiger partial charge in [-0.15, -0.1) is 0 Å². The van der Waals surface area contributed by atoms with Gasteiger partial charge < -0.3 is 10.4 Å². The van der Waals surface area contributed by atoms with Crippen molar-refractivity contribution in [2.24, 2.45) is 5.92 Å². The molecule has 1 radical (unpaired) electrons. The number of rotatable bonds is 6. The molecule has 1 aliphatic rings. The predicted molar refractivity (Wildman–Crippen MR) is 75.6 cm³/mol. The minimum Gasteiger partial charge on any atom is -0.389 e. The Morgan fingerprint density at radius 3 is 2.42 bits per heavy atom. The Labute approximate surface area is 115 Å². The molecule has 0 saturated heterocycles. The minimum atomic E-state index is -0.778. The van der Waals surface area contributed by atoms with Crippen molar-refractivity contribution >= 4 is 0 Å². The minimum absolute atomic E-state index is 0.0388. The molecule has 0 amide bonds. The quantitative estimate of drug-likeness (QED) is 0.823. The smallest absolute Gasteiger partial charge is 0.109 e. The highest BCUT2D eigenvalue weighted by Gasteiger charge is 2.28. The lowest BCUT2D eigenvalue weighted by Crippen LogP contribution is -2.45. The van der Waals surface area contributed by atoms with E-state index in [-0.39, 0.29) is 5.54 Å². The molecular formula is C16H24NO2. The summed E-state index contributed by atoms with van der Waals surface area (Å²) in [5.41, 5.74) is 2.91. The molecule has 3 nitrogen and oxygen atoms in total. The lowest BCUT2D eigenvalue weighted by molar-refractivity contribution is 0.0498. The number of β-amino-alcohol motifs (C(OH)–C–C–N with tert-alkyl or cyclic N) is 1. The Bertz CT molecular complexity index is 392. The summed E-state index contributed by atoms with van der Waals surface area (Å²) in [6.07, 6.45) is 2.57. The summed E-state index contributed by atoms with van der Waals surface area (Å²) in [7, 11) is 0. The van der Waals surface area contributed by atoms with Gasteiger partial charge in [0.05, 0.1) is 6.10 Å². The van der Waals surface area contributed by atoms with E-state index >= 15 is 0 Å². The van der Waals surface area contributed by atoms with Crippen LogP contribution in [0.25, 0.3) is 0 Å². The Balaban J connectivity index is 1.85. The fourth-order valence-electron chi connectivity index (χ4n) is 3.04. The summed E-state index contributed by atoms with van der Waals surface area (Å²) in [6.45, 7) is 4.25. The van der Waals surface area contributed by atoms with Crippen molar-refractivity contribution < 1.29 is 10.2 Å². The molecule has 1 aromatic rings. The predicted octanol–water partition coefficient (Wildman–Crippen LogP) is 1.95.